The predicted molar refractivity (Wildman–Crippen MR) is 143 cm³/mol. The largest absolute Gasteiger partial charge is 0.444 e. The van der Waals surface area contributed by atoms with Crippen LogP contribution in [0.2, 0.25) is 5.02 Å². The first-order valence-electron chi connectivity index (χ1n) is 13.3. The maximum absolute atomic E-state index is 13.3. The molecule has 3 fully saturated rings. The lowest BCUT2D eigenvalue weighted by Crippen LogP contribution is -2.47. The van der Waals surface area contributed by atoms with Gasteiger partial charge in [-0.2, -0.15) is 0 Å². The summed E-state index contributed by atoms with van der Waals surface area (Å²) < 4.78 is 7.92. The molecule has 37 heavy (non-hydrogen) atoms. The van der Waals surface area contributed by atoms with Gasteiger partial charge in [0.15, 0.2) is 0 Å². The molecule has 0 aromatic heterocycles. The highest BCUT2D eigenvalue weighted by molar-refractivity contribution is 7.99. The van der Waals surface area contributed by atoms with Gasteiger partial charge in [-0.3, -0.25) is 14.3 Å². The van der Waals surface area contributed by atoms with Gasteiger partial charge in [0.05, 0.1) is 6.04 Å². The Morgan fingerprint density at radius 1 is 1.19 bits per heavy atom. The quantitative estimate of drug-likeness (QED) is 0.273. The normalized spacial score (nSPS) is 22.4. The van der Waals surface area contributed by atoms with E-state index in [2.05, 4.69) is 15.4 Å². The zero-order chi connectivity index (χ0) is 26.3. The molecule has 202 valence electrons. The van der Waals surface area contributed by atoms with Crippen molar-refractivity contribution < 1.29 is 23.9 Å². The van der Waals surface area contributed by atoms with Gasteiger partial charge in [0.2, 0.25) is 11.8 Å². The molecule has 2 aliphatic carbocycles. The molecule has 1 spiro atoms. The third kappa shape index (κ3) is 7.87. The summed E-state index contributed by atoms with van der Waals surface area (Å²) in [7, 11) is 0. The van der Waals surface area contributed by atoms with Crippen LogP contribution in [0, 0.1) is 11.8 Å². The van der Waals surface area contributed by atoms with E-state index in [4.69, 9.17) is 16.3 Å². The average molecular weight is 550 g/mol. The van der Waals surface area contributed by atoms with E-state index >= 15 is 0 Å². The van der Waals surface area contributed by atoms with E-state index in [1.807, 2.05) is 6.07 Å². The fraction of sp³-hybridized carbons (Fsp3) is 0.630. The molecule has 1 heterocycles. The van der Waals surface area contributed by atoms with Gasteiger partial charge in [0.1, 0.15) is 18.1 Å². The average Bonchev–Trinajstić information content (AvgIpc) is 3.22. The first-order chi connectivity index (χ1) is 17.9. The highest BCUT2D eigenvalue weighted by atomic mass is 35.5. The molecular weight excluding hydrogens is 514 g/mol. The maximum Gasteiger partial charge on any atom is 0.417 e. The number of halogens is 1. The van der Waals surface area contributed by atoms with Crippen molar-refractivity contribution in [2.75, 3.05) is 0 Å². The fourth-order valence-corrected chi connectivity index (χ4v) is 6.74. The molecule has 4 rings (SSSR count). The molecule has 2 saturated carbocycles. The standard InChI is InChI=1S/C27H36ClN3O5S/c28-21-9-4-8-19(12-21)17-36-26(35)31-37-23(13-18-6-2-1-3-7-18)25(34)29-22(16-32)14-20-15-27(10-5-11-27)30-24(20)33/h4,8-9,12,16,18,20,22-23H,1-3,5-7,10-11,13-15,17H2,(H,29,34)(H,30,33)(H,31,35)/t20?,22?,23-/m0/s1. The number of benzene rings is 1. The van der Waals surface area contributed by atoms with Gasteiger partial charge < -0.3 is 20.2 Å². The summed E-state index contributed by atoms with van der Waals surface area (Å²) in [6.45, 7) is 0.0601. The van der Waals surface area contributed by atoms with Crippen LogP contribution in [0.5, 0.6) is 0 Å². The number of hydrogen-bond donors (Lipinski definition) is 3. The van der Waals surface area contributed by atoms with E-state index in [-0.39, 0.29) is 29.9 Å². The van der Waals surface area contributed by atoms with Crippen LogP contribution in [0.3, 0.4) is 0 Å². The summed E-state index contributed by atoms with van der Waals surface area (Å²) >= 11 is 7.00. The lowest BCUT2D eigenvalue weighted by atomic mass is 9.74. The van der Waals surface area contributed by atoms with Gasteiger partial charge in [0.25, 0.3) is 0 Å². The molecular formula is C27H36ClN3O5S. The minimum Gasteiger partial charge on any atom is -0.444 e. The minimum absolute atomic E-state index is 0.0296. The van der Waals surface area contributed by atoms with Gasteiger partial charge >= 0.3 is 6.09 Å². The van der Waals surface area contributed by atoms with Crippen molar-refractivity contribution in [2.24, 2.45) is 11.8 Å². The number of ether oxygens (including phenoxy) is 1. The topological polar surface area (TPSA) is 114 Å². The highest BCUT2D eigenvalue weighted by Crippen LogP contribution is 2.42. The SMILES string of the molecule is O=CC(CC1CC2(CCC2)NC1=O)NC(=O)[C@H](CC1CCCCC1)SNC(=O)OCc1cccc(Cl)c1. The van der Waals surface area contributed by atoms with Crippen molar-refractivity contribution in [3.8, 4) is 0 Å². The van der Waals surface area contributed by atoms with Crippen molar-refractivity contribution in [3.05, 3.63) is 34.9 Å². The zero-order valence-electron chi connectivity index (χ0n) is 21.0. The smallest absolute Gasteiger partial charge is 0.417 e. The molecule has 3 N–H and O–H groups in total. The van der Waals surface area contributed by atoms with Crippen LogP contribution in [0.4, 0.5) is 4.79 Å². The fourth-order valence-electron chi connectivity index (χ4n) is 5.69. The first-order valence-corrected chi connectivity index (χ1v) is 14.5. The molecule has 3 atom stereocenters. The van der Waals surface area contributed by atoms with E-state index in [1.165, 1.54) is 6.42 Å². The summed E-state index contributed by atoms with van der Waals surface area (Å²) in [5.41, 5.74) is 0.658. The van der Waals surface area contributed by atoms with E-state index in [1.54, 1.807) is 18.2 Å². The van der Waals surface area contributed by atoms with Crippen LogP contribution in [0.15, 0.2) is 24.3 Å². The van der Waals surface area contributed by atoms with Crippen LogP contribution in [0.1, 0.15) is 76.2 Å². The van der Waals surface area contributed by atoms with Crippen molar-refractivity contribution in [1.82, 2.24) is 15.4 Å². The second-order valence-corrected chi connectivity index (χ2v) is 12.1. The first kappa shape index (κ1) is 27.8. The Balaban J connectivity index is 1.31. The molecule has 0 bridgehead atoms. The van der Waals surface area contributed by atoms with Crippen LogP contribution < -0.4 is 15.4 Å². The molecule has 0 radical (unpaired) electrons. The van der Waals surface area contributed by atoms with Crippen LogP contribution in [-0.2, 0) is 25.7 Å². The van der Waals surface area contributed by atoms with Crippen molar-refractivity contribution in [2.45, 2.75) is 94.1 Å². The number of hydrogen-bond acceptors (Lipinski definition) is 6. The molecule has 1 aromatic carbocycles. The molecule has 1 aliphatic heterocycles. The molecule has 3 aliphatic rings. The second kappa shape index (κ2) is 13.0. The van der Waals surface area contributed by atoms with Crippen LogP contribution in [-0.4, -0.2) is 41.0 Å². The van der Waals surface area contributed by atoms with Gasteiger partial charge in [-0.15, -0.1) is 0 Å². The Labute approximate surface area is 227 Å². The summed E-state index contributed by atoms with van der Waals surface area (Å²) in [5, 5.41) is 5.92. The predicted octanol–water partition coefficient (Wildman–Crippen LogP) is 4.69. The summed E-state index contributed by atoms with van der Waals surface area (Å²) in [6.07, 6.45) is 10.3. The Bertz CT molecular complexity index is 983. The summed E-state index contributed by atoms with van der Waals surface area (Å²) in [5.74, 6) is -0.229. The number of nitrogens with one attached hydrogen (secondary N) is 3. The third-order valence-electron chi connectivity index (χ3n) is 7.85. The van der Waals surface area contributed by atoms with Crippen molar-refractivity contribution >= 4 is 47.7 Å². The zero-order valence-corrected chi connectivity index (χ0v) is 22.6. The van der Waals surface area contributed by atoms with Gasteiger partial charge in [0, 0.05) is 16.5 Å². The van der Waals surface area contributed by atoms with Crippen molar-refractivity contribution in [3.63, 3.8) is 0 Å². The number of carbonyl (C=O) groups excluding carboxylic acids is 4. The summed E-state index contributed by atoms with van der Waals surface area (Å²) in [6, 6.07) is 6.30. The lowest BCUT2D eigenvalue weighted by molar-refractivity contribution is -0.126. The van der Waals surface area contributed by atoms with Crippen LogP contribution >= 0.6 is 23.5 Å². The Morgan fingerprint density at radius 2 is 1.97 bits per heavy atom. The third-order valence-corrected chi connectivity index (χ3v) is 9.06. The van der Waals surface area contributed by atoms with Gasteiger partial charge in [-0.1, -0.05) is 55.8 Å². The van der Waals surface area contributed by atoms with Gasteiger partial charge in [-0.05, 0) is 74.1 Å². The van der Waals surface area contributed by atoms with Gasteiger partial charge in [-0.25, -0.2) is 4.79 Å². The second-order valence-electron chi connectivity index (χ2n) is 10.7. The molecule has 1 aromatic rings. The summed E-state index contributed by atoms with van der Waals surface area (Å²) in [4.78, 5) is 49.9. The van der Waals surface area contributed by atoms with E-state index in [0.29, 0.717) is 36.5 Å². The van der Waals surface area contributed by atoms with Crippen molar-refractivity contribution in [1.29, 1.82) is 0 Å². The number of amides is 3. The molecule has 3 amide bonds. The Hall–Kier alpha value is -2.26. The Kier molecular flexibility index (Phi) is 9.76. The number of carbonyl (C=O) groups is 4. The maximum atomic E-state index is 13.3. The lowest BCUT2D eigenvalue weighted by Gasteiger charge is -2.38. The number of aldehydes is 1. The minimum atomic E-state index is -0.747. The van der Waals surface area contributed by atoms with E-state index in [9.17, 15) is 19.2 Å². The molecule has 8 nitrogen and oxygen atoms in total. The monoisotopic (exact) mass is 549 g/mol. The van der Waals surface area contributed by atoms with Crippen LogP contribution in [0.25, 0.3) is 0 Å². The Morgan fingerprint density at radius 3 is 2.62 bits per heavy atom. The molecule has 10 heteroatoms. The molecule has 1 saturated heterocycles. The van der Waals surface area contributed by atoms with E-state index < -0.39 is 17.4 Å². The number of rotatable bonds is 11. The van der Waals surface area contributed by atoms with E-state index in [0.717, 1.165) is 62.5 Å². The highest BCUT2D eigenvalue weighted by Gasteiger charge is 2.48. The molecule has 2 unspecified atom stereocenters.